The van der Waals surface area contributed by atoms with E-state index in [9.17, 15) is 0 Å². The van der Waals surface area contributed by atoms with Crippen molar-refractivity contribution in [2.45, 2.75) is 0 Å². The largest absolute Gasteiger partial charge is 0.308 e. The molecule has 0 unspecified atom stereocenters. The van der Waals surface area contributed by atoms with Crippen molar-refractivity contribution in [3.63, 3.8) is 0 Å². The van der Waals surface area contributed by atoms with Crippen LogP contribution in [-0.4, -0.2) is 12.8 Å². The summed E-state index contributed by atoms with van der Waals surface area (Å²) in [5, 5.41) is 0. The number of fused-ring (bicyclic) bond motifs is 1. The van der Waals surface area contributed by atoms with E-state index >= 15 is 0 Å². The highest BCUT2D eigenvalue weighted by Crippen LogP contribution is 2.11. The number of rotatable bonds is 0. The van der Waals surface area contributed by atoms with E-state index in [-0.39, 0.29) is 0 Å². The maximum atomic E-state index is 7.30. The lowest BCUT2D eigenvalue weighted by atomic mass is 10.2. The standard InChI is InChI=1S/C6H7N3/c1-2-7-3-5-4-8-9-6(1)5/h1-2,4,8-9H,3H2/i/hD. The molecule has 3 heteroatoms. The predicted octanol–water partition coefficient (Wildman–Crippen LogP) is -0.0536. The molecule has 9 heavy (non-hydrogen) atoms. The van der Waals surface area contributed by atoms with Crippen LogP contribution in [0.25, 0.3) is 0 Å². The first kappa shape index (κ1) is 3.71. The summed E-state index contributed by atoms with van der Waals surface area (Å²) in [6, 6.07) is 0. The molecule has 0 aliphatic carbocycles. The van der Waals surface area contributed by atoms with E-state index in [0.29, 0.717) is 6.54 Å². The summed E-state index contributed by atoms with van der Waals surface area (Å²) >= 11 is 0. The van der Waals surface area contributed by atoms with E-state index in [4.69, 9.17) is 1.41 Å². The number of hydrogen-bond acceptors (Lipinski definition) is 3. The van der Waals surface area contributed by atoms with Gasteiger partial charge in [-0.1, -0.05) is 0 Å². The van der Waals surface area contributed by atoms with Crippen molar-refractivity contribution >= 4 is 6.21 Å². The fourth-order valence-corrected chi connectivity index (χ4v) is 0.871. The van der Waals surface area contributed by atoms with Crippen LogP contribution in [0.1, 0.15) is 0 Å². The Morgan fingerprint density at radius 2 is 2.78 bits per heavy atom. The van der Waals surface area contributed by atoms with Gasteiger partial charge in [0, 0.05) is 18.0 Å². The lowest BCUT2D eigenvalue weighted by Crippen LogP contribution is -2.19. The Balaban J connectivity index is 2.37. The Bertz CT molecular complexity index is 241. The van der Waals surface area contributed by atoms with Gasteiger partial charge in [0.05, 0.1) is 12.2 Å². The zero-order valence-electron chi connectivity index (χ0n) is 5.83. The van der Waals surface area contributed by atoms with Crippen LogP contribution in [0.5, 0.6) is 0 Å². The van der Waals surface area contributed by atoms with Crippen LogP contribution >= 0.6 is 0 Å². The van der Waals surface area contributed by atoms with E-state index in [1.54, 1.807) is 12.4 Å². The molecule has 2 aliphatic heterocycles. The topological polar surface area (TPSA) is 36.4 Å². The van der Waals surface area contributed by atoms with Crippen LogP contribution in [-0.2, 0) is 0 Å². The van der Waals surface area contributed by atoms with Crippen molar-refractivity contribution in [3.05, 3.63) is 23.5 Å². The van der Waals surface area contributed by atoms with E-state index in [1.807, 2.05) is 6.08 Å². The molecular formula is C6H7N3. The van der Waals surface area contributed by atoms with Crippen molar-refractivity contribution in [2.75, 3.05) is 6.54 Å². The highest BCUT2D eigenvalue weighted by Gasteiger charge is 2.10. The number of hydrazine groups is 1. The Morgan fingerprint density at radius 3 is 3.67 bits per heavy atom. The lowest BCUT2D eigenvalue weighted by molar-refractivity contribution is 0.783. The Labute approximate surface area is 54.6 Å². The molecule has 0 aromatic heterocycles. The van der Waals surface area contributed by atoms with Crippen molar-refractivity contribution < 1.29 is 1.41 Å². The summed E-state index contributed by atoms with van der Waals surface area (Å²) in [4.78, 5) is 4.03. The highest BCUT2D eigenvalue weighted by atomic mass is 15.4. The van der Waals surface area contributed by atoms with E-state index in [2.05, 4.69) is 10.4 Å². The van der Waals surface area contributed by atoms with Crippen LogP contribution in [0, 0.1) is 0 Å². The van der Waals surface area contributed by atoms with Gasteiger partial charge in [-0.3, -0.25) is 4.99 Å². The third-order valence-corrected chi connectivity index (χ3v) is 1.35. The predicted molar refractivity (Wildman–Crippen MR) is 35.8 cm³/mol. The van der Waals surface area contributed by atoms with E-state index in [1.165, 1.54) is 5.42 Å². The second kappa shape index (κ2) is 1.62. The molecule has 2 rings (SSSR count). The number of aliphatic imine (C=N–C) groups is 1. The van der Waals surface area contributed by atoms with Gasteiger partial charge in [0.25, 0.3) is 0 Å². The zero-order valence-corrected chi connectivity index (χ0v) is 4.83. The zero-order chi connectivity index (χ0) is 6.97. The Kier molecular flexibility index (Phi) is 0.667. The quantitative estimate of drug-likeness (QED) is 0.472. The van der Waals surface area contributed by atoms with Gasteiger partial charge < -0.3 is 10.8 Å². The van der Waals surface area contributed by atoms with E-state index in [0.717, 1.165) is 11.3 Å². The molecule has 0 aromatic rings. The van der Waals surface area contributed by atoms with Gasteiger partial charge >= 0.3 is 0 Å². The fourth-order valence-electron chi connectivity index (χ4n) is 0.871. The minimum Gasteiger partial charge on any atom is -0.308 e. The molecule has 2 aliphatic rings. The van der Waals surface area contributed by atoms with Crippen LogP contribution in [0.4, 0.5) is 0 Å². The van der Waals surface area contributed by atoms with Gasteiger partial charge in [0.1, 0.15) is 0 Å². The first-order chi connectivity index (χ1) is 4.88. The summed E-state index contributed by atoms with van der Waals surface area (Å²) in [6.07, 6.45) is 5.35. The summed E-state index contributed by atoms with van der Waals surface area (Å²) in [5.41, 5.74) is 5.97. The molecule has 0 aromatic carbocycles. The molecule has 0 fully saturated rings. The van der Waals surface area contributed by atoms with Gasteiger partial charge in [0.15, 0.2) is 1.41 Å². The number of dihydropyridines is 1. The highest BCUT2D eigenvalue weighted by molar-refractivity contribution is 5.76. The maximum Gasteiger partial charge on any atom is 0.188 e. The van der Waals surface area contributed by atoms with Gasteiger partial charge in [-0.15, -0.1) is 0 Å². The van der Waals surface area contributed by atoms with Crippen molar-refractivity contribution in [3.8, 4) is 0 Å². The third kappa shape index (κ3) is 0.614. The SMILES string of the molecule is [2H]N1NC=C2CN=CC=C21. The maximum absolute atomic E-state index is 7.30. The van der Waals surface area contributed by atoms with Gasteiger partial charge in [-0.25, -0.2) is 0 Å². The van der Waals surface area contributed by atoms with Crippen LogP contribution < -0.4 is 10.8 Å². The average molecular weight is 122 g/mol. The smallest absolute Gasteiger partial charge is 0.188 e. The van der Waals surface area contributed by atoms with Crippen molar-refractivity contribution in [1.82, 2.24) is 10.8 Å². The first-order valence-corrected chi connectivity index (χ1v) is 2.82. The number of nitrogens with one attached hydrogen (secondary N) is 2. The minimum absolute atomic E-state index is 0.689. The van der Waals surface area contributed by atoms with Crippen LogP contribution in [0.15, 0.2) is 28.5 Å². The molecule has 0 saturated carbocycles. The molecule has 2 N–H and O–H groups in total. The molecule has 0 bridgehead atoms. The molecule has 0 radical (unpaired) electrons. The fraction of sp³-hybridized carbons (Fsp3) is 0.167. The lowest BCUT2D eigenvalue weighted by Gasteiger charge is -2.03. The monoisotopic (exact) mass is 122 g/mol. The third-order valence-electron chi connectivity index (χ3n) is 1.35. The van der Waals surface area contributed by atoms with E-state index < -0.39 is 0 Å². The summed E-state index contributed by atoms with van der Waals surface area (Å²) < 4.78 is 7.30. The molecule has 0 spiro atoms. The van der Waals surface area contributed by atoms with Crippen LogP contribution in [0.3, 0.4) is 0 Å². The van der Waals surface area contributed by atoms with Crippen LogP contribution in [0.2, 0.25) is 1.41 Å². The normalized spacial score (nSPS) is 24.0. The Hall–Kier alpha value is -1.25. The molecule has 46 valence electrons. The van der Waals surface area contributed by atoms with Crippen molar-refractivity contribution in [2.24, 2.45) is 4.99 Å². The summed E-state index contributed by atoms with van der Waals surface area (Å²) in [6.45, 7) is 0.689. The number of nitrogens with zero attached hydrogens (tertiary/aromatic N) is 1. The molecule has 0 saturated heterocycles. The average Bonchev–Trinajstić information content (AvgIpc) is 2.34. The molecular weight excluding hydrogens is 114 g/mol. The van der Waals surface area contributed by atoms with Crippen molar-refractivity contribution in [1.29, 1.82) is 0 Å². The van der Waals surface area contributed by atoms with Gasteiger partial charge in [-0.2, -0.15) is 0 Å². The first-order valence-electron chi connectivity index (χ1n) is 3.27. The second-order valence-corrected chi connectivity index (χ2v) is 1.95. The van der Waals surface area contributed by atoms with Gasteiger partial charge in [-0.05, 0) is 6.08 Å². The number of allylic oxidation sites excluding steroid dienone is 1. The summed E-state index contributed by atoms with van der Waals surface area (Å²) in [7, 11) is 0. The summed E-state index contributed by atoms with van der Waals surface area (Å²) in [5.74, 6) is 0. The van der Waals surface area contributed by atoms with Gasteiger partial charge in [0.2, 0.25) is 0 Å². The second-order valence-electron chi connectivity index (χ2n) is 1.95. The minimum atomic E-state index is 0.689. The molecule has 2 heterocycles. The molecule has 0 amide bonds. The Morgan fingerprint density at radius 1 is 1.78 bits per heavy atom. The molecule has 3 nitrogen and oxygen atoms in total. The number of hydrogen-bond donors (Lipinski definition) is 2. The molecule has 0 atom stereocenters.